The van der Waals surface area contributed by atoms with E-state index >= 15 is 0 Å². The lowest BCUT2D eigenvalue weighted by Crippen LogP contribution is -2.53. The minimum absolute atomic E-state index is 0.0591. The Hall–Kier alpha value is -1.10. The van der Waals surface area contributed by atoms with Crippen LogP contribution in [0.25, 0.3) is 0 Å². The molecule has 5 heteroatoms. The van der Waals surface area contributed by atoms with E-state index in [1.165, 1.54) is 4.90 Å². The molecule has 0 bridgehead atoms. The van der Waals surface area contributed by atoms with Crippen molar-refractivity contribution in [2.24, 2.45) is 11.1 Å². The summed E-state index contributed by atoms with van der Waals surface area (Å²) in [6, 6.07) is -0.947. The number of hydrogen-bond acceptors (Lipinski definition) is 3. The van der Waals surface area contributed by atoms with Crippen molar-refractivity contribution in [3.05, 3.63) is 0 Å². The van der Waals surface area contributed by atoms with Crippen molar-refractivity contribution < 1.29 is 14.7 Å². The molecule has 0 spiro atoms. The maximum atomic E-state index is 12.2. The summed E-state index contributed by atoms with van der Waals surface area (Å²) in [7, 11) is 0. The van der Waals surface area contributed by atoms with Gasteiger partial charge < -0.3 is 15.7 Å². The number of carboxylic acids is 1. The number of carboxylic acid groups (broad SMARTS) is 1. The fourth-order valence-electron chi connectivity index (χ4n) is 1.60. The Morgan fingerprint density at radius 2 is 1.82 bits per heavy atom. The highest BCUT2D eigenvalue weighted by molar-refractivity contribution is 5.83. The van der Waals surface area contributed by atoms with E-state index < -0.39 is 12.0 Å². The smallest absolute Gasteiger partial charge is 0.305 e. The molecule has 2 atom stereocenters. The van der Waals surface area contributed by atoms with E-state index in [4.69, 9.17) is 10.8 Å². The second-order valence-electron chi connectivity index (χ2n) is 5.41. The van der Waals surface area contributed by atoms with Crippen molar-refractivity contribution in [3.8, 4) is 0 Å². The molecule has 0 aliphatic rings. The van der Waals surface area contributed by atoms with Gasteiger partial charge in [-0.3, -0.25) is 9.59 Å². The predicted molar refractivity (Wildman–Crippen MR) is 66.5 cm³/mol. The SMILES string of the molecule is CCN(C(=O)[C@@H](N)C(C)(C)C)C(C)CC(=O)O. The number of carbonyl (C=O) groups excluding carboxylic acids is 1. The Labute approximate surface area is 103 Å². The van der Waals surface area contributed by atoms with Crippen LogP contribution >= 0.6 is 0 Å². The number of amides is 1. The zero-order valence-electron chi connectivity index (χ0n) is 11.4. The lowest BCUT2D eigenvalue weighted by atomic mass is 9.86. The predicted octanol–water partition coefficient (Wildman–Crippen LogP) is 1.07. The van der Waals surface area contributed by atoms with Gasteiger partial charge >= 0.3 is 5.97 Å². The first-order valence-electron chi connectivity index (χ1n) is 5.89. The summed E-state index contributed by atoms with van der Waals surface area (Å²) >= 11 is 0. The molecule has 0 saturated heterocycles. The van der Waals surface area contributed by atoms with Crippen molar-refractivity contribution >= 4 is 11.9 Å². The third kappa shape index (κ3) is 4.73. The maximum absolute atomic E-state index is 12.2. The zero-order chi connectivity index (χ0) is 13.8. The van der Waals surface area contributed by atoms with E-state index in [9.17, 15) is 9.59 Å². The number of aliphatic carboxylic acids is 1. The molecule has 17 heavy (non-hydrogen) atoms. The van der Waals surface area contributed by atoms with Crippen molar-refractivity contribution in [1.82, 2.24) is 4.90 Å². The van der Waals surface area contributed by atoms with Crippen LogP contribution in [0.3, 0.4) is 0 Å². The molecule has 0 rings (SSSR count). The fraction of sp³-hybridized carbons (Fsp3) is 0.833. The zero-order valence-corrected chi connectivity index (χ0v) is 11.4. The molecule has 1 amide bonds. The summed E-state index contributed by atoms with van der Waals surface area (Å²) in [5.74, 6) is -1.10. The van der Waals surface area contributed by atoms with Crippen molar-refractivity contribution in [2.75, 3.05) is 6.54 Å². The number of carbonyl (C=O) groups is 2. The average Bonchev–Trinajstić information content (AvgIpc) is 2.14. The van der Waals surface area contributed by atoms with E-state index in [0.29, 0.717) is 6.54 Å². The average molecular weight is 244 g/mol. The molecule has 0 aliphatic carbocycles. The summed E-state index contributed by atoms with van der Waals surface area (Å²) < 4.78 is 0. The summed E-state index contributed by atoms with van der Waals surface area (Å²) in [5, 5.41) is 8.74. The van der Waals surface area contributed by atoms with Crippen LogP contribution in [0.5, 0.6) is 0 Å². The quantitative estimate of drug-likeness (QED) is 0.757. The van der Waals surface area contributed by atoms with Crippen LogP contribution in [0.15, 0.2) is 0 Å². The Morgan fingerprint density at radius 3 is 2.12 bits per heavy atom. The molecular formula is C12H24N2O3. The number of rotatable bonds is 5. The maximum Gasteiger partial charge on any atom is 0.305 e. The van der Waals surface area contributed by atoms with Crippen molar-refractivity contribution in [1.29, 1.82) is 0 Å². The van der Waals surface area contributed by atoms with Gasteiger partial charge in [0.25, 0.3) is 0 Å². The summed E-state index contributed by atoms with van der Waals surface area (Å²) in [6.45, 7) is 9.70. The first-order valence-corrected chi connectivity index (χ1v) is 5.89. The van der Waals surface area contributed by atoms with Crippen LogP contribution in [-0.4, -0.2) is 40.5 Å². The van der Waals surface area contributed by atoms with E-state index in [-0.39, 0.29) is 23.8 Å². The van der Waals surface area contributed by atoms with Gasteiger partial charge in [-0.2, -0.15) is 0 Å². The first kappa shape index (κ1) is 15.9. The second kappa shape index (κ2) is 6.00. The summed E-state index contributed by atoms with van der Waals surface area (Å²) in [6.07, 6.45) is -0.0591. The van der Waals surface area contributed by atoms with Crippen LogP contribution in [-0.2, 0) is 9.59 Å². The number of nitrogens with two attached hydrogens (primary N) is 1. The molecule has 0 aromatic carbocycles. The Bertz CT molecular complexity index is 284. The molecule has 0 radical (unpaired) electrons. The van der Waals surface area contributed by atoms with Crippen LogP contribution in [0, 0.1) is 5.41 Å². The van der Waals surface area contributed by atoms with E-state index in [2.05, 4.69) is 0 Å². The summed E-state index contributed by atoms with van der Waals surface area (Å²) in [4.78, 5) is 24.3. The number of nitrogens with zero attached hydrogens (tertiary/aromatic N) is 1. The lowest BCUT2D eigenvalue weighted by molar-refractivity contribution is -0.141. The molecule has 0 fully saturated rings. The standard InChI is InChI=1S/C12H24N2O3/c1-6-14(8(2)7-9(15)16)11(17)10(13)12(3,4)5/h8,10H,6-7,13H2,1-5H3,(H,15,16)/t8?,10-/m1/s1. The summed E-state index contributed by atoms with van der Waals surface area (Å²) in [5.41, 5.74) is 5.57. The topological polar surface area (TPSA) is 83.6 Å². The van der Waals surface area contributed by atoms with Gasteiger partial charge in [0.05, 0.1) is 12.5 Å². The highest BCUT2D eigenvalue weighted by atomic mass is 16.4. The van der Waals surface area contributed by atoms with Gasteiger partial charge in [0.2, 0.25) is 5.91 Å². The van der Waals surface area contributed by atoms with Gasteiger partial charge in [0.1, 0.15) is 0 Å². The number of likely N-dealkylation sites (N-methyl/N-ethyl adjacent to an activating group) is 1. The monoisotopic (exact) mass is 244 g/mol. The van der Waals surface area contributed by atoms with E-state index in [1.54, 1.807) is 6.92 Å². The molecule has 0 aromatic rings. The molecular weight excluding hydrogens is 220 g/mol. The van der Waals surface area contributed by atoms with E-state index in [0.717, 1.165) is 0 Å². The van der Waals surface area contributed by atoms with Gasteiger partial charge in [0, 0.05) is 12.6 Å². The Kier molecular flexibility index (Phi) is 5.61. The third-order valence-electron chi connectivity index (χ3n) is 2.82. The molecule has 5 nitrogen and oxygen atoms in total. The fourth-order valence-corrected chi connectivity index (χ4v) is 1.60. The molecule has 3 N–H and O–H groups in total. The van der Waals surface area contributed by atoms with Crippen molar-refractivity contribution in [2.45, 2.75) is 53.1 Å². The molecule has 100 valence electrons. The molecule has 0 aromatic heterocycles. The Balaban J connectivity index is 4.77. The van der Waals surface area contributed by atoms with Gasteiger partial charge in [0.15, 0.2) is 0 Å². The highest BCUT2D eigenvalue weighted by Gasteiger charge is 2.32. The Morgan fingerprint density at radius 1 is 1.35 bits per heavy atom. The van der Waals surface area contributed by atoms with Gasteiger partial charge in [-0.05, 0) is 19.3 Å². The van der Waals surface area contributed by atoms with Crippen LogP contribution in [0.4, 0.5) is 0 Å². The molecule has 0 aliphatic heterocycles. The largest absolute Gasteiger partial charge is 0.481 e. The van der Waals surface area contributed by atoms with E-state index in [1.807, 2.05) is 27.7 Å². The van der Waals surface area contributed by atoms with Crippen LogP contribution in [0.1, 0.15) is 41.0 Å². The second-order valence-corrected chi connectivity index (χ2v) is 5.41. The van der Waals surface area contributed by atoms with Gasteiger partial charge in [-0.25, -0.2) is 0 Å². The van der Waals surface area contributed by atoms with Gasteiger partial charge in [-0.1, -0.05) is 20.8 Å². The van der Waals surface area contributed by atoms with Crippen molar-refractivity contribution in [3.63, 3.8) is 0 Å². The van der Waals surface area contributed by atoms with Crippen LogP contribution < -0.4 is 5.73 Å². The van der Waals surface area contributed by atoms with Gasteiger partial charge in [-0.15, -0.1) is 0 Å². The number of hydrogen-bond donors (Lipinski definition) is 2. The molecule has 1 unspecified atom stereocenters. The third-order valence-corrected chi connectivity index (χ3v) is 2.82. The minimum atomic E-state index is -0.909. The first-order chi connectivity index (χ1) is 7.61. The highest BCUT2D eigenvalue weighted by Crippen LogP contribution is 2.20. The molecule has 0 saturated carbocycles. The normalized spacial score (nSPS) is 15.2. The molecule has 0 heterocycles. The van der Waals surface area contributed by atoms with Crippen LogP contribution in [0.2, 0.25) is 0 Å². The lowest BCUT2D eigenvalue weighted by Gasteiger charge is -2.34. The minimum Gasteiger partial charge on any atom is -0.481 e.